The number of hydrogen-bond donors (Lipinski definition) is 0. The van der Waals surface area contributed by atoms with Crippen LogP contribution >= 0.6 is 0 Å². The molecule has 180 valence electrons. The predicted molar refractivity (Wildman–Crippen MR) is 124 cm³/mol. The Kier molecular flexibility index (Phi) is 7.30. The SMILES string of the molecule is CC(CC(=O)OC1CC(C)(C)N(C)C(C)(C)C1)C(=O)OC1CC(C)(C)N(C)C(C)(C)C1. The molecular weight excluding hydrogens is 392 g/mol. The average molecular weight is 439 g/mol. The summed E-state index contributed by atoms with van der Waals surface area (Å²) in [7, 11) is 4.25. The molecule has 1 unspecified atom stereocenters. The molecule has 0 aliphatic carbocycles. The van der Waals surface area contributed by atoms with Crippen LogP contribution < -0.4 is 0 Å². The molecule has 0 N–H and O–H groups in total. The lowest BCUT2D eigenvalue weighted by Gasteiger charge is -2.53. The molecule has 0 radical (unpaired) electrons. The molecule has 0 aromatic heterocycles. The Balaban J connectivity index is 1.91. The molecule has 2 aliphatic heterocycles. The first-order valence-corrected chi connectivity index (χ1v) is 11.8. The lowest BCUT2D eigenvalue weighted by Crippen LogP contribution is -2.60. The summed E-state index contributed by atoms with van der Waals surface area (Å²) >= 11 is 0. The van der Waals surface area contributed by atoms with Crippen molar-refractivity contribution in [1.29, 1.82) is 0 Å². The molecule has 6 nitrogen and oxygen atoms in total. The number of carbonyl (C=O) groups is 2. The van der Waals surface area contributed by atoms with Crippen molar-refractivity contribution in [1.82, 2.24) is 9.80 Å². The van der Waals surface area contributed by atoms with Gasteiger partial charge in [-0.05, 0) is 69.5 Å². The maximum absolute atomic E-state index is 12.7. The van der Waals surface area contributed by atoms with Crippen LogP contribution in [0.1, 0.15) is 94.4 Å². The molecule has 0 amide bonds. The third-order valence-corrected chi connectivity index (χ3v) is 8.00. The van der Waals surface area contributed by atoms with Crippen LogP contribution in [0, 0.1) is 5.92 Å². The molecule has 6 heteroatoms. The number of rotatable bonds is 5. The number of hydrogen-bond acceptors (Lipinski definition) is 6. The fraction of sp³-hybridized carbons (Fsp3) is 0.920. The van der Waals surface area contributed by atoms with Gasteiger partial charge >= 0.3 is 11.9 Å². The zero-order chi connectivity index (χ0) is 24.0. The minimum atomic E-state index is -0.509. The van der Waals surface area contributed by atoms with Crippen molar-refractivity contribution >= 4 is 11.9 Å². The third kappa shape index (κ3) is 6.01. The summed E-state index contributed by atoms with van der Waals surface area (Å²) in [4.78, 5) is 30.1. The summed E-state index contributed by atoms with van der Waals surface area (Å²) in [6.45, 7) is 19.2. The smallest absolute Gasteiger partial charge is 0.309 e. The van der Waals surface area contributed by atoms with E-state index in [0.29, 0.717) is 0 Å². The van der Waals surface area contributed by atoms with Gasteiger partial charge in [0.05, 0.1) is 12.3 Å². The molecule has 0 saturated carbocycles. The van der Waals surface area contributed by atoms with Gasteiger partial charge in [0.2, 0.25) is 0 Å². The number of carbonyl (C=O) groups excluding carboxylic acids is 2. The van der Waals surface area contributed by atoms with E-state index < -0.39 is 5.92 Å². The van der Waals surface area contributed by atoms with E-state index in [1.54, 1.807) is 6.92 Å². The van der Waals surface area contributed by atoms with Crippen molar-refractivity contribution in [2.75, 3.05) is 14.1 Å². The Morgan fingerprint density at radius 3 is 1.42 bits per heavy atom. The first-order valence-electron chi connectivity index (χ1n) is 11.8. The standard InChI is InChI=1S/C25H46N2O4/c1-17(21(29)31-19-15-24(6,7)27(11)25(8,9)16-19)12-20(28)30-18-13-22(2,3)26(10)23(4,5)14-18/h17-19H,12-16H2,1-11H3. The van der Waals surface area contributed by atoms with Gasteiger partial charge in [0.15, 0.2) is 0 Å². The summed E-state index contributed by atoms with van der Waals surface area (Å²) in [5.41, 5.74) is -0.207. The summed E-state index contributed by atoms with van der Waals surface area (Å²) < 4.78 is 11.7. The summed E-state index contributed by atoms with van der Waals surface area (Å²) in [6, 6.07) is 0. The first kappa shape index (κ1) is 26.1. The quantitative estimate of drug-likeness (QED) is 0.593. The number of ether oxygens (including phenoxy) is 2. The van der Waals surface area contributed by atoms with Crippen molar-refractivity contribution in [2.45, 2.75) is 129 Å². The molecular formula is C25H46N2O4. The van der Waals surface area contributed by atoms with E-state index >= 15 is 0 Å². The largest absolute Gasteiger partial charge is 0.462 e. The molecule has 0 aromatic carbocycles. The number of likely N-dealkylation sites (tertiary alicyclic amines) is 2. The van der Waals surface area contributed by atoms with Crippen LogP contribution in [-0.4, -0.2) is 70.2 Å². The van der Waals surface area contributed by atoms with Gasteiger partial charge in [-0.1, -0.05) is 6.92 Å². The Morgan fingerprint density at radius 1 is 0.742 bits per heavy atom. The van der Waals surface area contributed by atoms with Crippen LogP contribution in [-0.2, 0) is 19.1 Å². The van der Waals surface area contributed by atoms with Gasteiger partial charge in [0.1, 0.15) is 12.2 Å². The Labute approximate surface area is 190 Å². The van der Waals surface area contributed by atoms with E-state index in [1.807, 2.05) is 0 Å². The number of nitrogens with zero attached hydrogens (tertiary/aromatic N) is 2. The first-order chi connectivity index (χ1) is 13.9. The van der Waals surface area contributed by atoms with Gasteiger partial charge in [-0.25, -0.2) is 0 Å². The highest BCUT2D eigenvalue weighted by atomic mass is 16.6. The highest BCUT2D eigenvalue weighted by Gasteiger charge is 2.46. The van der Waals surface area contributed by atoms with Gasteiger partial charge in [0, 0.05) is 47.8 Å². The summed E-state index contributed by atoms with van der Waals surface area (Å²) in [5.74, 6) is -1.12. The predicted octanol–water partition coefficient (Wildman–Crippen LogP) is 4.40. The Hall–Kier alpha value is -1.14. The van der Waals surface area contributed by atoms with Crippen LogP contribution in [0.2, 0.25) is 0 Å². The zero-order valence-corrected chi connectivity index (χ0v) is 21.8. The molecule has 0 bridgehead atoms. The maximum atomic E-state index is 12.7. The molecule has 31 heavy (non-hydrogen) atoms. The second kappa shape index (κ2) is 8.66. The van der Waals surface area contributed by atoms with E-state index in [9.17, 15) is 9.59 Å². The lowest BCUT2D eigenvalue weighted by atomic mass is 9.78. The molecule has 2 aliphatic rings. The average Bonchev–Trinajstić information content (AvgIpc) is 2.56. The van der Waals surface area contributed by atoms with Crippen molar-refractivity contribution in [2.24, 2.45) is 5.92 Å². The summed E-state index contributed by atoms with van der Waals surface area (Å²) in [5, 5.41) is 0. The van der Waals surface area contributed by atoms with E-state index in [1.165, 1.54) is 0 Å². The number of piperidine rings is 2. The van der Waals surface area contributed by atoms with Gasteiger partial charge in [0.25, 0.3) is 0 Å². The van der Waals surface area contributed by atoms with Crippen molar-refractivity contribution < 1.29 is 19.1 Å². The minimum Gasteiger partial charge on any atom is -0.462 e. The molecule has 0 spiro atoms. The van der Waals surface area contributed by atoms with Gasteiger partial charge < -0.3 is 9.47 Å². The molecule has 2 fully saturated rings. The molecule has 2 saturated heterocycles. The van der Waals surface area contributed by atoms with Gasteiger partial charge in [-0.2, -0.15) is 0 Å². The van der Waals surface area contributed by atoms with Crippen molar-refractivity contribution in [3.05, 3.63) is 0 Å². The van der Waals surface area contributed by atoms with Gasteiger partial charge in [-0.3, -0.25) is 19.4 Å². The van der Waals surface area contributed by atoms with Crippen LogP contribution in [0.5, 0.6) is 0 Å². The lowest BCUT2D eigenvalue weighted by molar-refractivity contribution is -0.170. The van der Waals surface area contributed by atoms with Crippen molar-refractivity contribution in [3.63, 3.8) is 0 Å². The van der Waals surface area contributed by atoms with Crippen LogP contribution in [0.25, 0.3) is 0 Å². The fourth-order valence-electron chi connectivity index (χ4n) is 5.57. The fourth-order valence-corrected chi connectivity index (χ4v) is 5.57. The monoisotopic (exact) mass is 438 g/mol. The Morgan fingerprint density at radius 2 is 1.06 bits per heavy atom. The van der Waals surface area contributed by atoms with Crippen LogP contribution in [0.3, 0.4) is 0 Å². The Bertz CT molecular complexity index is 647. The number of esters is 2. The van der Waals surface area contributed by atoms with E-state index in [2.05, 4.69) is 79.3 Å². The van der Waals surface area contributed by atoms with E-state index in [-0.39, 0.29) is 52.7 Å². The van der Waals surface area contributed by atoms with E-state index in [4.69, 9.17) is 9.47 Å². The van der Waals surface area contributed by atoms with E-state index in [0.717, 1.165) is 25.7 Å². The molecule has 2 heterocycles. The van der Waals surface area contributed by atoms with Crippen molar-refractivity contribution in [3.8, 4) is 0 Å². The molecule has 0 aromatic rings. The second-order valence-electron chi connectivity index (χ2n) is 12.5. The van der Waals surface area contributed by atoms with Gasteiger partial charge in [-0.15, -0.1) is 0 Å². The maximum Gasteiger partial charge on any atom is 0.309 e. The van der Waals surface area contributed by atoms with Crippen LogP contribution in [0.15, 0.2) is 0 Å². The van der Waals surface area contributed by atoms with Crippen LogP contribution in [0.4, 0.5) is 0 Å². The highest BCUT2D eigenvalue weighted by Crippen LogP contribution is 2.39. The third-order valence-electron chi connectivity index (χ3n) is 8.00. The summed E-state index contributed by atoms with van der Waals surface area (Å²) in [6.07, 6.45) is 2.94. The molecule has 2 rings (SSSR count). The normalized spacial score (nSPS) is 27.5. The zero-order valence-electron chi connectivity index (χ0n) is 21.8. The second-order valence-corrected chi connectivity index (χ2v) is 12.5. The topological polar surface area (TPSA) is 59.1 Å². The minimum absolute atomic E-state index is 0.0506. The molecule has 1 atom stereocenters. The highest BCUT2D eigenvalue weighted by molar-refractivity contribution is 5.79.